The first kappa shape index (κ1) is 15.0. The highest BCUT2D eigenvalue weighted by Crippen LogP contribution is 2.31. The highest BCUT2D eigenvalue weighted by atomic mass is 79.9. The summed E-state index contributed by atoms with van der Waals surface area (Å²) in [5.74, 6) is -0.354. The molecule has 2 aromatic heterocycles. The molecule has 0 fully saturated rings. The highest BCUT2D eigenvalue weighted by Gasteiger charge is 2.27. The van der Waals surface area contributed by atoms with E-state index >= 15 is 0 Å². The van der Waals surface area contributed by atoms with Gasteiger partial charge in [-0.05, 0) is 52.4 Å². The van der Waals surface area contributed by atoms with Crippen LogP contribution in [0.25, 0.3) is 5.52 Å². The average molecular weight is 339 g/mol. The number of rotatable bonds is 2. The number of alkyl halides is 1. The minimum absolute atomic E-state index is 0.182. The summed E-state index contributed by atoms with van der Waals surface area (Å²) in [7, 11) is 0. The number of aryl methyl sites for hydroxylation is 1. The molecule has 1 atom stereocenters. The summed E-state index contributed by atoms with van der Waals surface area (Å²) < 4.78 is 7.07. The van der Waals surface area contributed by atoms with E-state index in [0.717, 1.165) is 16.6 Å². The smallest absolute Gasteiger partial charge is 0.341 e. The molecule has 20 heavy (non-hydrogen) atoms. The molecule has 1 unspecified atom stereocenters. The number of ether oxygens (including phenoxy) is 1. The number of aromatic nitrogens is 2. The number of nitrogens with zero attached hydrogens (tertiary/aromatic N) is 2. The van der Waals surface area contributed by atoms with Crippen LogP contribution in [0.5, 0.6) is 0 Å². The van der Waals surface area contributed by atoms with E-state index in [9.17, 15) is 4.79 Å². The van der Waals surface area contributed by atoms with Gasteiger partial charge in [-0.25, -0.2) is 9.31 Å². The Morgan fingerprint density at radius 1 is 1.45 bits per heavy atom. The minimum Gasteiger partial charge on any atom is -0.447 e. The lowest BCUT2D eigenvalue weighted by Gasteiger charge is -2.23. The number of hydrogen-bond donors (Lipinski definition) is 0. The zero-order valence-electron chi connectivity index (χ0n) is 12.4. The maximum Gasteiger partial charge on any atom is 0.341 e. The second kappa shape index (κ2) is 5.20. The number of esters is 1. The van der Waals surface area contributed by atoms with E-state index < -0.39 is 0 Å². The van der Waals surface area contributed by atoms with Crippen LogP contribution < -0.4 is 0 Å². The van der Waals surface area contributed by atoms with Crippen LogP contribution in [0.1, 0.15) is 49.2 Å². The van der Waals surface area contributed by atoms with Gasteiger partial charge < -0.3 is 4.74 Å². The second-order valence-electron chi connectivity index (χ2n) is 5.98. The number of hydrogen-bond acceptors (Lipinski definition) is 3. The van der Waals surface area contributed by atoms with Crippen molar-refractivity contribution in [3.63, 3.8) is 0 Å². The van der Waals surface area contributed by atoms with Gasteiger partial charge in [0.15, 0.2) is 5.01 Å². The molecule has 0 saturated heterocycles. The lowest BCUT2D eigenvalue weighted by atomic mass is 9.84. The Morgan fingerprint density at radius 2 is 2.10 bits per heavy atom. The van der Waals surface area contributed by atoms with Gasteiger partial charge in [0, 0.05) is 6.20 Å². The maximum atomic E-state index is 12.3. The van der Waals surface area contributed by atoms with E-state index in [4.69, 9.17) is 4.74 Å². The molecular weight excluding hydrogens is 320 g/mol. The summed E-state index contributed by atoms with van der Waals surface area (Å²) in [6, 6.07) is 2.04. The van der Waals surface area contributed by atoms with Crippen molar-refractivity contribution in [3.05, 3.63) is 35.2 Å². The molecule has 0 spiro atoms. The van der Waals surface area contributed by atoms with Gasteiger partial charge in [-0.15, -0.1) is 0 Å². The van der Waals surface area contributed by atoms with Crippen molar-refractivity contribution in [1.29, 1.82) is 0 Å². The van der Waals surface area contributed by atoms with Gasteiger partial charge >= 0.3 is 5.97 Å². The molecule has 0 saturated carbocycles. The Bertz CT molecular complexity index is 654. The van der Waals surface area contributed by atoms with Crippen molar-refractivity contribution in [2.75, 3.05) is 0 Å². The van der Waals surface area contributed by atoms with Crippen LogP contribution in [0.4, 0.5) is 0 Å². The molecule has 2 aromatic rings. The largest absolute Gasteiger partial charge is 0.447 e. The van der Waals surface area contributed by atoms with Crippen molar-refractivity contribution < 1.29 is 9.53 Å². The van der Waals surface area contributed by atoms with E-state index in [2.05, 4.69) is 41.8 Å². The van der Waals surface area contributed by atoms with Crippen molar-refractivity contribution in [2.24, 2.45) is 0 Å². The normalized spacial score (nSPS) is 13.5. The third-order valence-corrected chi connectivity index (χ3v) is 3.20. The van der Waals surface area contributed by atoms with Crippen LogP contribution in [0.15, 0.2) is 18.5 Å². The highest BCUT2D eigenvalue weighted by molar-refractivity contribution is 9.09. The Labute approximate surface area is 127 Å². The lowest BCUT2D eigenvalue weighted by Crippen LogP contribution is -2.21. The van der Waals surface area contributed by atoms with Crippen LogP contribution in [-0.2, 0) is 10.2 Å². The molecule has 0 aliphatic heterocycles. The maximum absolute atomic E-state index is 12.3. The average Bonchev–Trinajstić information content (AvgIpc) is 2.64. The fourth-order valence-corrected chi connectivity index (χ4v) is 2.51. The van der Waals surface area contributed by atoms with Gasteiger partial charge in [0.25, 0.3) is 0 Å². The number of halogens is 1. The summed E-state index contributed by atoms with van der Waals surface area (Å²) >= 11 is 3.23. The minimum atomic E-state index is -0.354. The van der Waals surface area contributed by atoms with E-state index in [-0.39, 0.29) is 16.4 Å². The van der Waals surface area contributed by atoms with Gasteiger partial charge in [0.2, 0.25) is 0 Å². The zero-order chi connectivity index (χ0) is 15.1. The van der Waals surface area contributed by atoms with Gasteiger partial charge in [0.1, 0.15) is 0 Å². The van der Waals surface area contributed by atoms with Crippen molar-refractivity contribution in [3.8, 4) is 0 Å². The summed E-state index contributed by atoms with van der Waals surface area (Å²) in [5, 5.41) is 3.98. The monoisotopic (exact) mass is 338 g/mol. The Hall–Kier alpha value is -1.36. The summed E-state index contributed by atoms with van der Waals surface area (Å²) in [6.07, 6.45) is 3.54. The van der Waals surface area contributed by atoms with E-state index in [1.165, 1.54) is 0 Å². The molecule has 0 bridgehead atoms. The van der Waals surface area contributed by atoms with Crippen LogP contribution in [0, 0.1) is 6.92 Å². The lowest BCUT2D eigenvalue weighted by molar-refractivity contribution is 0.0487. The first-order chi connectivity index (χ1) is 9.20. The SMILES string of the molecule is Cc1cc2c(C(C)(C)C)c(C(=O)OC(C)Br)cnn2c1. The van der Waals surface area contributed by atoms with Gasteiger partial charge in [-0.3, -0.25) is 0 Å². The summed E-state index contributed by atoms with van der Waals surface area (Å²) in [6.45, 7) is 10.0. The van der Waals surface area contributed by atoms with Crippen LogP contribution in [0.2, 0.25) is 0 Å². The predicted molar refractivity (Wildman–Crippen MR) is 82.4 cm³/mol. The van der Waals surface area contributed by atoms with Crippen molar-refractivity contribution >= 4 is 27.4 Å². The summed E-state index contributed by atoms with van der Waals surface area (Å²) in [4.78, 5) is 12.3. The topological polar surface area (TPSA) is 43.6 Å². The van der Waals surface area contributed by atoms with E-state index in [0.29, 0.717) is 5.56 Å². The van der Waals surface area contributed by atoms with Crippen molar-refractivity contribution in [1.82, 2.24) is 9.61 Å². The third-order valence-electron chi connectivity index (χ3n) is 3.01. The Balaban J connectivity index is 2.68. The molecule has 0 N–H and O–H groups in total. The number of carbonyl (C=O) groups is 1. The van der Waals surface area contributed by atoms with Crippen LogP contribution >= 0.6 is 15.9 Å². The van der Waals surface area contributed by atoms with E-state index in [1.54, 1.807) is 13.1 Å². The van der Waals surface area contributed by atoms with Gasteiger partial charge in [-0.2, -0.15) is 5.10 Å². The Morgan fingerprint density at radius 3 is 2.65 bits per heavy atom. The molecule has 5 heteroatoms. The fourth-order valence-electron chi connectivity index (χ4n) is 2.34. The van der Waals surface area contributed by atoms with Crippen LogP contribution in [0.3, 0.4) is 0 Å². The molecular formula is C15H19BrN2O2. The molecule has 0 amide bonds. The number of carbonyl (C=O) groups excluding carboxylic acids is 1. The first-order valence-corrected chi connectivity index (χ1v) is 7.45. The van der Waals surface area contributed by atoms with Crippen molar-refractivity contribution in [2.45, 2.75) is 45.0 Å². The zero-order valence-corrected chi connectivity index (χ0v) is 14.0. The standard InChI is InChI=1S/C15H19BrN2O2/c1-9-6-12-13(15(3,4)5)11(7-17-18(12)8-9)14(19)20-10(2)16/h6-8,10H,1-5H3. The predicted octanol–water partition coefficient (Wildman–Crippen LogP) is 3.84. The molecule has 2 heterocycles. The molecule has 108 valence electrons. The molecule has 0 aliphatic rings. The number of fused-ring (bicyclic) bond motifs is 1. The van der Waals surface area contributed by atoms with Gasteiger partial charge in [0.05, 0.1) is 17.3 Å². The van der Waals surface area contributed by atoms with Crippen LogP contribution in [-0.4, -0.2) is 20.6 Å². The second-order valence-corrected chi connectivity index (χ2v) is 7.27. The molecule has 0 radical (unpaired) electrons. The first-order valence-electron chi connectivity index (χ1n) is 6.53. The fraction of sp³-hybridized carbons (Fsp3) is 0.467. The molecule has 2 rings (SSSR count). The third kappa shape index (κ3) is 2.87. The Kier molecular flexibility index (Phi) is 3.91. The molecule has 0 aliphatic carbocycles. The van der Waals surface area contributed by atoms with Gasteiger partial charge in [-0.1, -0.05) is 20.8 Å². The van der Waals surface area contributed by atoms with E-state index in [1.807, 2.05) is 23.7 Å². The molecule has 0 aromatic carbocycles. The molecule has 4 nitrogen and oxygen atoms in total. The summed E-state index contributed by atoms with van der Waals surface area (Å²) in [5.41, 5.74) is 3.36. The quantitative estimate of drug-likeness (QED) is 0.617.